The molecule has 0 aliphatic carbocycles. The summed E-state index contributed by atoms with van der Waals surface area (Å²) in [6.45, 7) is 5.54. The molecule has 11 heteroatoms. The van der Waals surface area contributed by atoms with Crippen LogP contribution in [0.4, 0.5) is 0 Å². The topological polar surface area (TPSA) is 84.7 Å². The Hall–Kier alpha value is -3.77. The number of nitrogens with zero attached hydrogens (tertiary/aromatic N) is 4. The van der Waals surface area contributed by atoms with Crippen LogP contribution >= 0.6 is 24.0 Å². The number of aromatic nitrogens is 2. The van der Waals surface area contributed by atoms with Gasteiger partial charge in [-0.05, 0) is 66.3 Å². The number of amides is 1. The highest BCUT2D eigenvalue weighted by Gasteiger charge is 2.34. The van der Waals surface area contributed by atoms with E-state index < -0.39 is 10.0 Å². The lowest BCUT2D eigenvalue weighted by Gasteiger charge is -2.34. The zero-order valence-corrected chi connectivity index (χ0v) is 27.7. The fraction of sp³-hybridized carbons (Fsp3) is 0.265. The highest BCUT2D eigenvalue weighted by molar-refractivity contribution is 8.26. The summed E-state index contributed by atoms with van der Waals surface area (Å²) in [6, 6.07) is 24.1. The molecular weight excluding hydrogens is 625 g/mol. The molecule has 2 fully saturated rings. The molecule has 2 atom stereocenters. The van der Waals surface area contributed by atoms with Crippen molar-refractivity contribution < 1.29 is 17.9 Å². The number of hydrogen-bond donors (Lipinski definition) is 0. The monoisotopic (exact) mass is 658 g/mol. The van der Waals surface area contributed by atoms with E-state index in [1.54, 1.807) is 45.3 Å². The summed E-state index contributed by atoms with van der Waals surface area (Å²) < 4.78 is 36.6. The van der Waals surface area contributed by atoms with Crippen molar-refractivity contribution in [3.05, 3.63) is 101 Å². The number of benzene rings is 3. The number of carbonyl (C=O) groups is 1. The Labute approximate surface area is 273 Å². The largest absolute Gasteiger partial charge is 0.497 e. The van der Waals surface area contributed by atoms with Gasteiger partial charge < -0.3 is 4.74 Å². The SMILES string of the molecule is COc1ccc(CN2C(=O)/C(=C/c3cn(-c4ccccc4)nc3-c3cccc(S(=O)(=O)N4CC(C)CC(C)C4)c3)SC2=S)cc1. The van der Waals surface area contributed by atoms with Crippen LogP contribution in [0.2, 0.25) is 0 Å². The number of carbonyl (C=O) groups excluding carboxylic acids is 1. The summed E-state index contributed by atoms with van der Waals surface area (Å²) in [5.41, 5.74) is 3.66. The lowest BCUT2D eigenvalue weighted by Crippen LogP contribution is -2.42. The Kier molecular flexibility index (Phi) is 8.96. The molecule has 0 saturated carbocycles. The maximum atomic E-state index is 13.8. The van der Waals surface area contributed by atoms with Gasteiger partial charge in [-0.3, -0.25) is 9.69 Å². The number of thioether (sulfide) groups is 1. The molecule has 2 aliphatic rings. The number of para-hydroxylation sites is 1. The fourth-order valence-electron chi connectivity index (χ4n) is 5.88. The predicted molar refractivity (Wildman–Crippen MR) is 182 cm³/mol. The minimum atomic E-state index is -3.70. The molecule has 3 heterocycles. The summed E-state index contributed by atoms with van der Waals surface area (Å²) in [5.74, 6) is 1.14. The van der Waals surface area contributed by atoms with E-state index in [4.69, 9.17) is 22.1 Å². The number of thiocarbonyl (C=S) groups is 1. The molecule has 2 saturated heterocycles. The van der Waals surface area contributed by atoms with Gasteiger partial charge >= 0.3 is 0 Å². The van der Waals surface area contributed by atoms with Crippen molar-refractivity contribution in [2.24, 2.45) is 11.8 Å². The van der Waals surface area contributed by atoms with Crippen LogP contribution in [0.1, 0.15) is 31.4 Å². The van der Waals surface area contributed by atoms with Gasteiger partial charge in [-0.15, -0.1) is 0 Å². The highest BCUT2D eigenvalue weighted by Crippen LogP contribution is 2.36. The van der Waals surface area contributed by atoms with E-state index in [1.807, 2.05) is 66.9 Å². The zero-order valence-electron chi connectivity index (χ0n) is 25.3. The minimum Gasteiger partial charge on any atom is -0.497 e. The Balaban J connectivity index is 1.36. The van der Waals surface area contributed by atoms with E-state index in [-0.39, 0.29) is 10.8 Å². The molecule has 2 aliphatic heterocycles. The van der Waals surface area contributed by atoms with E-state index >= 15 is 0 Å². The van der Waals surface area contributed by atoms with Crippen molar-refractivity contribution >= 4 is 50.3 Å². The zero-order chi connectivity index (χ0) is 31.7. The number of rotatable bonds is 8. The normalized spacial score (nSPS) is 20.2. The average molecular weight is 659 g/mol. The molecule has 232 valence electrons. The Morgan fingerprint density at radius 3 is 2.40 bits per heavy atom. The average Bonchev–Trinajstić information content (AvgIpc) is 3.58. The summed E-state index contributed by atoms with van der Waals surface area (Å²) in [5, 5.41) is 4.88. The van der Waals surface area contributed by atoms with Gasteiger partial charge in [-0.25, -0.2) is 13.1 Å². The molecule has 45 heavy (non-hydrogen) atoms. The van der Waals surface area contributed by atoms with Gasteiger partial charge in [0.15, 0.2) is 0 Å². The highest BCUT2D eigenvalue weighted by atomic mass is 32.2. The van der Waals surface area contributed by atoms with Crippen molar-refractivity contribution in [3.8, 4) is 22.7 Å². The molecule has 3 aromatic carbocycles. The Morgan fingerprint density at radius 2 is 1.71 bits per heavy atom. The van der Waals surface area contributed by atoms with Crippen molar-refractivity contribution in [3.63, 3.8) is 0 Å². The molecule has 0 N–H and O–H groups in total. The summed E-state index contributed by atoms with van der Waals surface area (Å²) in [4.78, 5) is 15.9. The van der Waals surface area contributed by atoms with Gasteiger partial charge in [0.1, 0.15) is 15.8 Å². The van der Waals surface area contributed by atoms with Crippen LogP contribution in [0, 0.1) is 11.8 Å². The summed E-state index contributed by atoms with van der Waals surface area (Å²) in [7, 11) is -2.09. The molecule has 1 aromatic heterocycles. The first-order chi connectivity index (χ1) is 21.6. The van der Waals surface area contributed by atoms with E-state index in [0.29, 0.717) is 57.5 Å². The van der Waals surface area contributed by atoms with Gasteiger partial charge in [0.05, 0.1) is 29.1 Å². The standard InChI is InChI=1S/C34H34N4O4S3/c1-23-16-24(2)20-36(19-23)45(40,41)30-11-7-8-26(17-30)32-27(22-38(35-32)28-9-5-4-6-10-28)18-31-33(39)37(34(43)44-31)21-25-12-14-29(42-3)15-13-25/h4-15,17-18,22-24H,16,19-21H2,1-3H3/b31-18-. The molecule has 0 bridgehead atoms. The van der Waals surface area contributed by atoms with Crippen LogP contribution in [-0.2, 0) is 21.4 Å². The predicted octanol–water partition coefficient (Wildman–Crippen LogP) is 6.62. The van der Waals surface area contributed by atoms with Gasteiger partial charge in [-0.2, -0.15) is 9.40 Å². The van der Waals surface area contributed by atoms with Crippen molar-refractivity contribution in [2.45, 2.75) is 31.7 Å². The van der Waals surface area contributed by atoms with Gasteiger partial charge in [0.25, 0.3) is 5.91 Å². The Morgan fingerprint density at radius 1 is 1.00 bits per heavy atom. The number of piperidine rings is 1. The summed E-state index contributed by atoms with van der Waals surface area (Å²) >= 11 is 6.86. The number of methoxy groups -OCH3 is 1. The number of ether oxygens (including phenoxy) is 1. The van der Waals surface area contributed by atoms with Crippen LogP contribution in [0.5, 0.6) is 5.75 Å². The molecular formula is C34H34N4O4S3. The third-order valence-corrected chi connectivity index (χ3v) is 11.2. The third-order valence-electron chi connectivity index (χ3n) is 8.00. The molecule has 4 aromatic rings. The number of hydrogen-bond acceptors (Lipinski definition) is 7. The third kappa shape index (κ3) is 6.62. The second-order valence-electron chi connectivity index (χ2n) is 11.6. The number of sulfonamides is 1. The van der Waals surface area contributed by atoms with E-state index in [1.165, 1.54) is 11.8 Å². The second-order valence-corrected chi connectivity index (χ2v) is 15.2. The molecule has 2 unspecified atom stereocenters. The maximum absolute atomic E-state index is 13.8. The molecule has 8 nitrogen and oxygen atoms in total. The van der Waals surface area contributed by atoms with Crippen molar-refractivity contribution in [1.29, 1.82) is 0 Å². The van der Waals surface area contributed by atoms with Gasteiger partial charge in [0.2, 0.25) is 10.0 Å². The van der Waals surface area contributed by atoms with Crippen LogP contribution in [0.25, 0.3) is 23.0 Å². The van der Waals surface area contributed by atoms with E-state index in [0.717, 1.165) is 23.4 Å². The van der Waals surface area contributed by atoms with E-state index in [9.17, 15) is 13.2 Å². The minimum absolute atomic E-state index is 0.191. The van der Waals surface area contributed by atoms with Gasteiger partial charge in [0, 0.05) is 30.4 Å². The fourth-order valence-corrected chi connectivity index (χ4v) is 8.85. The van der Waals surface area contributed by atoms with Crippen LogP contribution in [-0.4, -0.2) is 57.8 Å². The molecule has 0 spiro atoms. The maximum Gasteiger partial charge on any atom is 0.266 e. The second kappa shape index (κ2) is 12.9. The lowest BCUT2D eigenvalue weighted by molar-refractivity contribution is -0.122. The van der Waals surface area contributed by atoms with Crippen LogP contribution in [0.3, 0.4) is 0 Å². The first kappa shape index (κ1) is 31.2. The Bertz CT molecular complexity index is 1860. The van der Waals surface area contributed by atoms with Crippen molar-refractivity contribution in [1.82, 2.24) is 19.0 Å². The summed E-state index contributed by atoms with van der Waals surface area (Å²) in [6.07, 6.45) is 4.67. The van der Waals surface area contributed by atoms with E-state index in [2.05, 4.69) is 13.8 Å². The first-order valence-corrected chi connectivity index (χ1v) is 17.4. The lowest BCUT2D eigenvalue weighted by atomic mass is 9.94. The molecule has 6 rings (SSSR count). The van der Waals surface area contributed by atoms with Crippen molar-refractivity contribution in [2.75, 3.05) is 20.2 Å². The van der Waals surface area contributed by atoms with Crippen LogP contribution < -0.4 is 4.74 Å². The quantitative estimate of drug-likeness (QED) is 0.156. The van der Waals surface area contributed by atoms with Gasteiger partial charge in [-0.1, -0.05) is 80.3 Å². The molecule has 0 radical (unpaired) electrons. The smallest absolute Gasteiger partial charge is 0.266 e. The first-order valence-electron chi connectivity index (χ1n) is 14.8. The van der Waals surface area contributed by atoms with Crippen LogP contribution in [0.15, 0.2) is 94.9 Å². The molecule has 1 amide bonds.